The van der Waals surface area contributed by atoms with Crippen LogP contribution < -0.4 is 10.5 Å². The van der Waals surface area contributed by atoms with Crippen molar-refractivity contribution in [2.24, 2.45) is 5.73 Å². The third kappa shape index (κ3) is 4.06. The van der Waals surface area contributed by atoms with E-state index in [1.807, 2.05) is 42.5 Å². The molecular weight excluding hydrogens is 334 g/mol. The second-order valence-corrected chi connectivity index (χ2v) is 5.27. The fraction of sp³-hybridized carbons (Fsp3) is 0.188. The predicted molar refractivity (Wildman–Crippen MR) is 85.0 cm³/mol. The number of halogens is 1. The summed E-state index contributed by atoms with van der Waals surface area (Å²) in [4.78, 5) is 11.1. The van der Waals surface area contributed by atoms with Crippen LogP contribution in [0.5, 0.6) is 5.75 Å². The van der Waals surface area contributed by atoms with Gasteiger partial charge in [0.2, 0.25) is 0 Å². The van der Waals surface area contributed by atoms with E-state index in [0.29, 0.717) is 12.3 Å². The van der Waals surface area contributed by atoms with Gasteiger partial charge in [-0.3, -0.25) is 0 Å². The van der Waals surface area contributed by atoms with Crippen molar-refractivity contribution in [2.75, 3.05) is 13.7 Å². The lowest BCUT2D eigenvalue weighted by Gasteiger charge is -2.09. The zero-order chi connectivity index (χ0) is 15.2. The Balaban J connectivity index is 2.15. The lowest BCUT2D eigenvalue weighted by Crippen LogP contribution is -2.12. The van der Waals surface area contributed by atoms with Crippen LogP contribution in [0.4, 0.5) is 0 Å². The van der Waals surface area contributed by atoms with Gasteiger partial charge in [0.05, 0.1) is 11.6 Å². The fourth-order valence-corrected chi connectivity index (χ4v) is 2.32. The number of methoxy groups -OCH3 is 1. The SMILES string of the molecule is COC(=O)COc1ccc(-c2ccc(CN)cc2)cc1Br. The van der Waals surface area contributed by atoms with Crippen molar-refractivity contribution in [3.8, 4) is 16.9 Å². The molecule has 0 aromatic heterocycles. The summed E-state index contributed by atoms with van der Waals surface area (Å²) in [5.41, 5.74) is 8.83. The lowest BCUT2D eigenvalue weighted by molar-refractivity contribution is -0.142. The average Bonchev–Trinajstić information content (AvgIpc) is 2.53. The summed E-state index contributed by atoms with van der Waals surface area (Å²) in [6, 6.07) is 13.8. The number of nitrogens with two attached hydrogens (primary N) is 1. The average molecular weight is 350 g/mol. The molecule has 0 unspecified atom stereocenters. The van der Waals surface area contributed by atoms with Crippen LogP contribution in [0.1, 0.15) is 5.56 Å². The monoisotopic (exact) mass is 349 g/mol. The molecule has 2 N–H and O–H groups in total. The van der Waals surface area contributed by atoms with Crippen LogP contribution >= 0.6 is 15.9 Å². The van der Waals surface area contributed by atoms with E-state index in [0.717, 1.165) is 21.2 Å². The Bertz CT molecular complexity index is 626. The van der Waals surface area contributed by atoms with E-state index in [1.165, 1.54) is 7.11 Å². The Morgan fingerprint density at radius 1 is 1.14 bits per heavy atom. The van der Waals surface area contributed by atoms with Crippen molar-refractivity contribution in [1.29, 1.82) is 0 Å². The molecule has 0 amide bonds. The molecule has 5 heteroatoms. The molecule has 0 saturated heterocycles. The molecule has 2 aromatic carbocycles. The lowest BCUT2D eigenvalue weighted by atomic mass is 10.0. The van der Waals surface area contributed by atoms with Gasteiger partial charge in [-0.1, -0.05) is 30.3 Å². The molecule has 0 aliphatic rings. The smallest absolute Gasteiger partial charge is 0.343 e. The maximum absolute atomic E-state index is 11.1. The summed E-state index contributed by atoms with van der Waals surface area (Å²) in [7, 11) is 1.33. The normalized spacial score (nSPS) is 10.2. The topological polar surface area (TPSA) is 61.5 Å². The molecule has 0 radical (unpaired) electrons. The largest absolute Gasteiger partial charge is 0.481 e. The van der Waals surface area contributed by atoms with E-state index >= 15 is 0 Å². The van der Waals surface area contributed by atoms with Gasteiger partial charge in [-0.2, -0.15) is 0 Å². The molecule has 110 valence electrons. The first kappa shape index (κ1) is 15.5. The first-order valence-electron chi connectivity index (χ1n) is 6.42. The molecule has 0 bridgehead atoms. The molecule has 0 saturated carbocycles. The number of carbonyl (C=O) groups excluding carboxylic acids is 1. The molecule has 0 aliphatic heterocycles. The van der Waals surface area contributed by atoms with Crippen molar-refractivity contribution in [3.63, 3.8) is 0 Å². The van der Waals surface area contributed by atoms with Crippen LogP contribution in [0.2, 0.25) is 0 Å². The number of carbonyl (C=O) groups is 1. The fourth-order valence-electron chi connectivity index (χ4n) is 1.83. The van der Waals surface area contributed by atoms with Crippen LogP contribution in [0.15, 0.2) is 46.9 Å². The Morgan fingerprint density at radius 2 is 1.81 bits per heavy atom. The van der Waals surface area contributed by atoms with Gasteiger partial charge in [-0.15, -0.1) is 0 Å². The van der Waals surface area contributed by atoms with Crippen molar-refractivity contribution in [1.82, 2.24) is 0 Å². The van der Waals surface area contributed by atoms with Gasteiger partial charge < -0.3 is 15.2 Å². The summed E-state index contributed by atoms with van der Waals surface area (Å²) < 4.78 is 10.7. The van der Waals surface area contributed by atoms with Gasteiger partial charge >= 0.3 is 5.97 Å². The quantitative estimate of drug-likeness (QED) is 0.842. The zero-order valence-electron chi connectivity index (χ0n) is 11.6. The van der Waals surface area contributed by atoms with E-state index in [4.69, 9.17) is 10.5 Å². The Morgan fingerprint density at radius 3 is 2.38 bits per heavy atom. The van der Waals surface area contributed by atoms with E-state index in [1.54, 1.807) is 0 Å². The highest BCUT2D eigenvalue weighted by molar-refractivity contribution is 9.10. The van der Waals surface area contributed by atoms with Gasteiger partial charge in [-0.25, -0.2) is 4.79 Å². The van der Waals surface area contributed by atoms with Crippen LogP contribution in [-0.4, -0.2) is 19.7 Å². The van der Waals surface area contributed by atoms with E-state index in [-0.39, 0.29) is 6.61 Å². The van der Waals surface area contributed by atoms with Crippen molar-refractivity contribution >= 4 is 21.9 Å². The Labute approximate surface area is 132 Å². The Kier molecular flexibility index (Phi) is 5.36. The number of esters is 1. The van der Waals surface area contributed by atoms with Gasteiger partial charge in [-0.05, 0) is 44.8 Å². The minimum atomic E-state index is -0.414. The molecule has 0 atom stereocenters. The maximum atomic E-state index is 11.1. The van der Waals surface area contributed by atoms with Crippen LogP contribution in [0, 0.1) is 0 Å². The third-order valence-corrected chi connectivity index (χ3v) is 3.65. The number of rotatable bonds is 5. The van der Waals surface area contributed by atoms with Gasteiger partial charge in [0, 0.05) is 6.54 Å². The molecule has 0 heterocycles. The van der Waals surface area contributed by atoms with Gasteiger partial charge in [0.25, 0.3) is 0 Å². The number of hydrogen-bond acceptors (Lipinski definition) is 4. The molecule has 21 heavy (non-hydrogen) atoms. The highest BCUT2D eigenvalue weighted by Crippen LogP contribution is 2.30. The van der Waals surface area contributed by atoms with E-state index in [9.17, 15) is 4.79 Å². The first-order valence-corrected chi connectivity index (χ1v) is 7.22. The molecule has 0 spiro atoms. The summed E-state index contributed by atoms with van der Waals surface area (Å²) in [6.07, 6.45) is 0. The van der Waals surface area contributed by atoms with Gasteiger partial charge in [0.15, 0.2) is 6.61 Å². The second-order valence-electron chi connectivity index (χ2n) is 4.41. The zero-order valence-corrected chi connectivity index (χ0v) is 13.2. The highest BCUT2D eigenvalue weighted by Gasteiger charge is 2.07. The molecule has 2 aromatic rings. The van der Waals surface area contributed by atoms with E-state index in [2.05, 4.69) is 20.7 Å². The third-order valence-electron chi connectivity index (χ3n) is 3.03. The van der Waals surface area contributed by atoms with E-state index < -0.39 is 5.97 Å². The standard InChI is InChI=1S/C16H16BrNO3/c1-20-16(19)10-21-15-7-6-13(8-14(15)17)12-4-2-11(9-18)3-5-12/h2-8H,9-10,18H2,1H3. The molecule has 0 fully saturated rings. The summed E-state index contributed by atoms with van der Waals surface area (Å²) in [5.74, 6) is 0.186. The minimum Gasteiger partial charge on any atom is -0.481 e. The first-order chi connectivity index (χ1) is 10.1. The summed E-state index contributed by atoms with van der Waals surface area (Å²) in [5, 5.41) is 0. The second kappa shape index (κ2) is 7.24. The number of ether oxygens (including phenoxy) is 2. The molecule has 0 aliphatic carbocycles. The summed E-state index contributed by atoms with van der Waals surface area (Å²) >= 11 is 3.45. The predicted octanol–water partition coefficient (Wildman–Crippen LogP) is 3.13. The summed E-state index contributed by atoms with van der Waals surface area (Å²) in [6.45, 7) is 0.421. The van der Waals surface area contributed by atoms with Crippen molar-refractivity contribution in [2.45, 2.75) is 6.54 Å². The van der Waals surface area contributed by atoms with Crippen molar-refractivity contribution < 1.29 is 14.3 Å². The van der Waals surface area contributed by atoms with Crippen molar-refractivity contribution in [3.05, 3.63) is 52.5 Å². The number of hydrogen-bond donors (Lipinski definition) is 1. The van der Waals surface area contributed by atoms with Crippen LogP contribution in [0.3, 0.4) is 0 Å². The maximum Gasteiger partial charge on any atom is 0.343 e. The highest BCUT2D eigenvalue weighted by atomic mass is 79.9. The minimum absolute atomic E-state index is 0.111. The molecular formula is C16H16BrNO3. The molecule has 2 rings (SSSR count). The Hall–Kier alpha value is -1.85. The number of benzene rings is 2. The van der Waals surface area contributed by atoms with Crippen LogP contribution in [-0.2, 0) is 16.1 Å². The molecule has 4 nitrogen and oxygen atoms in total. The van der Waals surface area contributed by atoms with Gasteiger partial charge in [0.1, 0.15) is 5.75 Å². The van der Waals surface area contributed by atoms with Crippen LogP contribution in [0.25, 0.3) is 11.1 Å².